The first-order valence-electron chi connectivity index (χ1n) is 10.9. The van der Waals surface area contributed by atoms with Crippen LogP contribution in [0.4, 0.5) is 14.5 Å². The van der Waals surface area contributed by atoms with Gasteiger partial charge in [-0.15, -0.1) is 0 Å². The van der Waals surface area contributed by atoms with Crippen LogP contribution in [0, 0.1) is 11.6 Å². The van der Waals surface area contributed by atoms with Crippen molar-refractivity contribution >= 4 is 17.5 Å². The lowest BCUT2D eigenvalue weighted by Gasteiger charge is -2.23. The van der Waals surface area contributed by atoms with Crippen LogP contribution in [0.15, 0.2) is 60.7 Å². The molecule has 1 unspecified atom stereocenters. The van der Waals surface area contributed by atoms with Gasteiger partial charge in [-0.1, -0.05) is 25.1 Å². The number of carbonyl (C=O) groups excluding carboxylic acids is 2. The summed E-state index contributed by atoms with van der Waals surface area (Å²) in [6.07, 6.45) is -0.157. The summed E-state index contributed by atoms with van der Waals surface area (Å²) < 4.78 is 39.1. The van der Waals surface area contributed by atoms with Crippen molar-refractivity contribution in [2.75, 3.05) is 12.4 Å². The number of nitrogens with one attached hydrogen (secondary N) is 1. The van der Waals surface area contributed by atoms with E-state index in [0.29, 0.717) is 30.0 Å². The van der Waals surface area contributed by atoms with Gasteiger partial charge in [0.05, 0.1) is 7.11 Å². The van der Waals surface area contributed by atoms with Gasteiger partial charge < -0.3 is 19.7 Å². The molecular weight excluding hydrogens is 442 g/mol. The molecule has 0 saturated heterocycles. The predicted molar refractivity (Wildman–Crippen MR) is 123 cm³/mol. The zero-order valence-electron chi connectivity index (χ0n) is 18.8. The number of carbonyl (C=O) groups is 2. The molecule has 34 heavy (non-hydrogen) atoms. The fraction of sp³-hybridized carbons (Fsp3) is 0.231. The van der Waals surface area contributed by atoms with Gasteiger partial charge in [0.15, 0.2) is 6.10 Å². The van der Waals surface area contributed by atoms with Crippen LogP contribution >= 0.6 is 0 Å². The van der Waals surface area contributed by atoms with Crippen molar-refractivity contribution in [3.05, 3.63) is 89.0 Å². The van der Waals surface area contributed by atoms with Gasteiger partial charge in [-0.3, -0.25) is 9.59 Å². The van der Waals surface area contributed by atoms with E-state index in [1.54, 1.807) is 30.2 Å². The Morgan fingerprint density at radius 2 is 1.82 bits per heavy atom. The number of amides is 2. The number of fused-ring (bicyclic) bond motifs is 1. The molecule has 3 aromatic rings. The number of hydrogen-bond donors (Lipinski definition) is 1. The van der Waals surface area contributed by atoms with Crippen LogP contribution in [-0.4, -0.2) is 29.9 Å². The Bertz CT molecular complexity index is 1190. The molecule has 0 bridgehead atoms. The second-order valence-corrected chi connectivity index (χ2v) is 7.93. The fourth-order valence-corrected chi connectivity index (χ4v) is 3.84. The molecule has 1 heterocycles. The molecular formula is C26H24F2N2O4. The van der Waals surface area contributed by atoms with E-state index >= 15 is 0 Å². The Labute approximate surface area is 196 Å². The van der Waals surface area contributed by atoms with E-state index in [0.717, 1.165) is 23.4 Å². The van der Waals surface area contributed by atoms with E-state index in [4.69, 9.17) is 9.47 Å². The minimum atomic E-state index is -0.947. The van der Waals surface area contributed by atoms with E-state index < -0.39 is 29.2 Å². The summed E-state index contributed by atoms with van der Waals surface area (Å²) in [6.45, 7) is 2.48. The SMILES string of the molecule is CCC1Oc2ccc(NC(=O)c3c(F)cccc3F)cc2CN(Cc2ccc(OC)cc2)C1=O. The zero-order chi connectivity index (χ0) is 24.2. The highest BCUT2D eigenvalue weighted by atomic mass is 19.1. The summed E-state index contributed by atoms with van der Waals surface area (Å²) in [7, 11) is 1.59. The molecule has 0 spiro atoms. The fourth-order valence-electron chi connectivity index (χ4n) is 3.84. The molecule has 8 heteroatoms. The predicted octanol–water partition coefficient (Wildman–Crippen LogP) is 4.93. The van der Waals surface area contributed by atoms with Crippen molar-refractivity contribution < 1.29 is 27.8 Å². The second kappa shape index (κ2) is 9.91. The zero-order valence-corrected chi connectivity index (χ0v) is 18.8. The molecule has 0 saturated carbocycles. The molecule has 4 rings (SSSR count). The van der Waals surface area contributed by atoms with Crippen molar-refractivity contribution in [1.29, 1.82) is 0 Å². The number of rotatable bonds is 6. The van der Waals surface area contributed by atoms with Gasteiger partial charge in [-0.25, -0.2) is 8.78 Å². The molecule has 0 fully saturated rings. The van der Waals surface area contributed by atoms with Crippen molar-refractivity contribution in [2.24, 2.45) is 0 Å². The van der Waals surface area contributed by atoms with Crippen LogP contribution in [-0.2, 0) is 17.9 Å². The number of methoxy groups -OCH3 is 1. The number of hydrogen-bond acceptors (Lipinski definition) is 4. The molecule has 0 radical (unpaired) electrons. The maximum atomic E-state index is 14.0. The second-order valence-electron chi connectivity index (χ2n) is 7.93. The van der Waals surface area contributed by atoms with Gasteiger partial charge in [0, 0.05) is 24.3 Å². The average Bonchev–Trinajstić information content (AvgIpc) is 2.95. The number of anilines is 1. The van der Waals surface area contributed by atoms with Crippen molar-refractivity contribution in [3.8, 4) is 11.5 Å². The average molecular weight is 466 g/mol. The monoisotopic (exact) mass is 466 g/mol. The lowest BCUT2D eigenvalue weighted by Crippen LogP contribution is -2.38. The molecule has 176 valence electrons. The summed E-state index contributed by atoms with van der Waals surface area (Å²) in [4.78, 5) is 27.3. The van der Waals surface area contributed by atoms with E-state index in [1.807, 2.05) is 31.2 Å². The van der Waals surface area contributed by atoms with Crippen molar-refractivity contribution in [1.82, 2.24) is 4.90 Å². The number of benzene rings is 3. The van der Waals surface area contributed by atoms with Gasteiger partial charge >= 0.3 is 0 Å². The van der Waals surface area contributed by atoms with E-state index in [9.17, 15) is 18.4 Å². The summed E-state index contributed by atoms with van der Waals surface area (Å²) in [6, 6.07) is 15.6. The standard InChI is InChI=1S/C26H24F2N2O4/c1-3-22-26(32)30(14-16-7-10-19(33-2)11-8-16)15-17-13-18(9-12-23(17)34-22)29-25(31)24-20(27)5-4-6-21(24)28/h4-13,22H,3,14-15H2,1-2H3,(H,29,31). The minimum Gasteiger partial charge on any atom is -0.497 e. The lowest BCUT2D eigenvalue weighted by molar-refractivity contribution is -0.139. The largest absolute Gasteiger partial charge is 0.497 e. The molecule has 3 aromatic carbocycles. The molecule has 1 atom stereocenters. The Balaban J connectivity index is 1.59. The van der Waals surface area contributed by atoms with Crippen molar-refractivity contribution in [2.45, 2.75) is 32.5 Å². The third-order valence-corrected chi connectivity index (χ3v) is 5.63. The molecule has 6 nitrogen and oxygen atoms in total. The van der Waals surface area contributed by atoms with Gasteiger partial charge in [0.2, 0.25) is 0 Å². The van der Waals surface area contributed by atoms with Gasteiger partial charge in [-0.05, 0) is 54.4 Å². The maximum absolute atomic E-state index is 14.0. The number of nitrogens with zero attached hydrogens (tertiary/aromatic N) is 1. The molecule has 1 aliphatic rings. The van der Waals surface area contributed by atoms with Crippen molar-refractivity contribution in [3.63, 3.8) is 0 Å². The normalized spacial score (nSPS) is 15.2. The van der Waals surface area contributed by atoms with Crippen LogP contribution in [0.25, 0.3) is 0 Å². The van der Waals surface area contributed by atoms with E-state index in [1.165, 1.54) is 6.07 Å². The van der Waals surface area contributed by atoms with Gasteiger partial charge in [0.25, 0.3) is 11.8 Å². The first kappa shape index (κ1) is 23.2. The van der Waals surface area contributed by atoms with Gasteiger partial charge in [0.1, 0.15) is 28.7 Å². The lowest BCUT2D eigenvalue weighted by atomic mass is 10.1. The third kappa shape index (κ3) is 4.85. The maximum Gasteiger partial charge on any atom is 0.264 e. The summed E-state index contributed by atoms with van der Waals surface area (Å²) in [5.41, 5.74) is 1.27. The van der Waals surface area contributed by atoms with E-state index in [2.05, 4.69) is 5.32 Å². The summed E-state index contributed by atoms with van der Waals surface area (Å²) in [5.74, 6) is -1.70. The first-order valence-corrected chi connectivity index (χ1v) is 10.9. The Morgan fingerprint density at radius 1 is 1.12 bits per heavy atom. The number of halogens is 2. The summed E-state index contributed by atoms with van der Waals surface area (Å²) in [5, 5.41) is 2.53. The molecule has 1 aliphatic heterocycles. The molecule has 0 aromatic heterocycles. The quantitative estimate of drug-likeness (QED) is 0.560. The highest BCUT2D eigenvalue weighted by Gasteiger charge is 2.30. The minimum absolute atomic E-state index is 0.145. The molecule has 1 N–H and O–H groups in total. The highest BCUT2D eigenvalue weighted by molar-refractivity contribution is 6.04. The third-order valence-electron chi connectivity index (χ3n) is 5.63. The van der Waals surface area contributed by atoms with E-state index in [-0.39, 0.29) is 12.5 Å². The molecule has 2 amide bonds. The Morgan fingerprint density at radius 3 is 2.47 bits per heavy atom. The van der Waals surface area contributed by atoms with Crippen LogP contribution in [0.5, 0.6) is 11.5 Å². The summed E-state index contributed by atoms with van der Waals surface area (Å²) >= 11 is 0. The van der Waals surface area contributed by atoms with Crippen LogP contribution in [0.2, 0.25) is 0 Å². The number of ether oxygens (including phenoxy) is 2. The van der Waals surface area contributed by atoms with Crippen LogP contribution in [0.3, 0.4) is 0 Å². The highest BCUT2D eigenvalue weighted by Crippen LogP contribution is 2.30. The first-order chi connectivity index (χ1) is 16.4. The smallest absolute Gasteiger partial charge is 0.264 e. The topological polar surface area (TPSA) is 67.9 Å². The van der Waals surface area contributed by atoms with Crippen LogP contribution < -0.4 is 14.8 Å². The Hall–Kier alpha value is -3.94. The van der Waals surface area contributed by atoms with Crippen LogP contribution in [0.1, 0.15) is 34.8 Å². The molecule has 0 aliphatic carbocycles. The Kier molecular flexibility index (Phi) is 6.77. The van der Waals surface area contributed by atoms with Gasteiger partial charge in [-0.2, -0.15) is 0 Å².